The molecular formula is C68H130O6. The van der Waals surface area contributed by atoms with Gasteiger partial charge in [0.25, 0.3) is 0 Å². The monoisotopic (exact) mass is 1040 g/mol. The summed E-state index contributed by atoms with van der Waals surface area (Å²) in [6, 6.07) is 0. The van der Waals surface area contributed by atoms with Gasteiger partial charge in [-0.1, -0.05) is 335 Å². The molecule has 0 aromatic heterocycles. The van der Waals surface area contributed by atoms with Crippen molar-refractivity contribution in [3.63, 3.8) is 0 Å². The van der Waals surface area contributed by atoms with E-state index in [0.29, 0.717) is 19.3 Å². The molecule has 0 aromatic carbocycles. The standard InChI is InChI=1S/C68H130O6/c1-4-7-10-13-16-19-21-23-25-27-29-30-31-32-33-34-35-36-37-39-40-42-44-46-49-52-55-58-61-67(70)73-64-65(63-72-66(69)60-57-54-51-48-18-15-12-9-6-3)74-68(71)62-59-56-53-50-47-45-43-41-38-28-26-24-22-20-17-14-11-8-5-2/h24,26,65H,4-23,25,27-64H2,1-3H3/b26-24-. The van der Waals surface area contributed by atoms with E-state index in [9.17, 15) is 14.4 Å². The highest BCUT2D eigenvalue weighted by Gasteiger charge is 2.19. The van der Waals surface area contributed by atoms with E-state index in [4.69, 9.17) is 14.2 Å². The average Bonchev–Trinajstić information content (AvgIpc) is 3.40. The van der Waals surface area contributed by atoms with Crippen molar-refractivity contribution < 1.29 is 28.6 Å². The third-order valence-corrected chi connectivity index (χ3v) is 15.5. The molecule has 0 amide bonds. The minimum Gasteiger partial charge on any atom is -0.462 e. The van der Waals surface area contributed by atoms with Crippen LogP contribution in [0.15, 0.2) is 12.2 Å². The highest BCUT2D eigenvalue weighted by molar-refractivity contribution is 5.71. The topological polar surface area (TPSA) is 78.9 Å². The Morgan fingerprint density at radius 3 is 0.676 bits per heavy atom. The van der Waals surface area contributed by atoms with E-state index in [1.54, 1.807) is 0 Å². The van der Waals surface area contributed by atoms with Crippen molar-refractivity contribution in [3.8, 4) is 0 Å². The predicted molar refractivity (Wildman–Crippen MR) is 321 cm³/mol. The lowest BCUT2D eigenvalue weighted by Crippen LogP contribution is -2.30. The van der Waals surface area contributed by atoms with Crippen LogP contribution in [0.1, 0.15) is 387 Å². The Bertz CT molecular complexity index is 1150. The Morgan fingerprint density at radius 1 is 0.257 bits per heavy atom. The van der Waals surface area contributed by atoms with Gasteiger partial charge in [-0.05, 0) is 44.9 Å². The van der Waals surface area contributed by atoms with Crippen molar-refractivity contribution in [2.24, 2.45) is 0 Å². The van der Waals surface area contributed by atoms with Crippen LogP contribution in [0.5, 0.6) is 0 Å². The van der Waals surface area contributed by atoms with E-state index in [-0.39, 0.29) is 31.1 Å². The van der Waals surface area contributed by atoms with Crippen molar-refractivity contribution in [2.45, 2.75) is 393 Å². The summed E-state index contributed by atoms with van der Waals surface area (Å²) in [4.78, 5) is 38.2. The number of carbonyl (C=O) groups is 3. The summed E-state index contributed by atoms with van der Waals surface area (Å²) in [6.07, 6.45) is 75.4. The van der Waals surface area contributed by atoms with Crippen LogP contribution in [-0.2, 0) is 28.6 Å². The minimum absolute atomic E-state index is 0.0646. The van der Waals surface area contributed by atoms with Crippen LogP contribution >= 0.6 is 0 Å². The number of allylic oxidation sites excluding steroid dienone is 2. The fraction of sp³-hybridized carbons (Fsp3) is 0.926. The molecule has 0 spiro atoms. The molecule has 6 nitrogen and oxygen atoms in total. The first-order valence-corrected chi connectivity index (χ1v) is 33.7. The van der Waals surface area contributed by atoms with Crippen molar-refractivity contribution in [2.75, 3.05) is 13.2 Å². The Hall–Kier alpha value is -1.85. The van der Waals surface area contributed by atoms with Crippen molar-refractivity contribution in [1.82, 2.24) is 0 Å². The lowest BCUT2D eigenvalue weighted by atomic mass is 10.0. The third kappa shape index (κ3) is 61.0. The van der Waals surface area contributed by atoms with Crippen molar-refractivity contribution in [1.29, 1.82) is 0 Å². The summed E-state index contributed by atoms with van der Waals surface area (Å²) in [5.74, 6) is -0.841. The largest absolute Gasteiger partial charge is 0.462 e. The molecule has 1 unspecified atom stereocenters. The zero-order valence-electron chi connectivity index (χ0n) is 50.4. The van der Waals surface area contributed by atoms with Crippen molar-refractivity contribution >= 4 is 17.9 Å². The highest BCUT2D eigenvalue weighted by Crippen LogP contribution is 2.19. The molecular weight excluding hydrogens is 913 g/mol. The second-order valence-electron chi connectivity index (χ2n) is 23.1. The van der Waals surface area contributed by atoms with Crippen LogP contribution in [0.2, 0.25) is 0 Å². The maximum absolute atomic E-state index is 12.9. The van der Waals surface area contributed by atoms with Gasteiger partial charge in [-0.2, -0.15) is 0 Å². The van der Waals surface area contributed by atoms with Crippen LogP contribution in [0, 0.1) is 0 Å². The molecule has 0 heterocycles. The summed E-state index contributed by atoms with van der Waals surface area (Å²) in [5, 5.41) is 0. The zero-order valence-corrected chi connectivity index (χ0v) is 50.4. The molecule has 0 aromatic rings. The van der Waals surface area contributed by atoms with Gasteiger partial charge < -0.3 is 14.2 Å². The molecule has 0 aliphatic heterocycles. The second kappa shape index (κ2) is 63.7. The van der Waals surface area contributed by atoms with Crippen LogP contribution < -0.4 is 0 Å². The molecule has 0 radical (unpaired) electrons. The quantitative estimate of drug-likeness (QED) is 0.0261. The number of rotatable bonds is 63. The number of ether oxygens (including phenoxy) is 3. The van der Waals surface area contributed by atoms with E-state index in [2.05, 4.69) is 32.9 Å². The van der Waals surface area contributed by atoms with E-state index in [0.717, 1.165) is 57.8 Å². The summed E-state index contributed by atoms with van der Waals surface area (Å²) in [5.41, 5.74) is 0. The molecule has 0 rings (SSSR count). The maximum Gasteiger partial charge on any atom is 0.306 e. The number of unbranched alkanes of at least 4 members (excludes halogenated alkanes) is 50. The predicted octanol–water partition coefficient (Wildman–Crippen LogP) is 22.8. The Kier molecular flexibility index (Phi) is 62.1. The van der Waals surface area contributed by atoms with Crippen LogP contribution in [0.25, 0.3) is 0 Å². The van der Waals surface area contributed by atoms with Crippen LogP contribution in [0.3, 0.4) is 0 Å². The van der Waals surface area contributed by atoms with Gasteiger partial charge in [-0.25, -0.2) is 0 Å². The molecule has 0 fully saturated rings. The van der Waals surface area contributed by atoms with Gasteiger partial charge in [0.2, 0.25) is 0 Å². The first kappa shape index (κ1) is 72.2. The number of hydrogen-bond donors (Lipinski definition) is 0. The van der Waals surface area contributed by atoms with Gasteiger partial charge >= 0.3 is 17.9 Å². The first-order valence-electron chi connectivity index (χ1n) is 33.7. The molecule has 74 heavy (non-hydrogen) atoms. The van der Waals surface area contributed by atoms with E-state index < -0.39 is 6.10 Å². The summed E-state index contributed by atoms with van der Waals surface area (Å²) in [7, 11) is 0. The third-order valence-electron chi connectivity index (χ3n) is 15.5. The van der Waals surface area contributed by atoms with Gasteiger partial charge in [-0.15, -0.1) is 0 Å². The SMILES string of the molecule is CCCCCCCC/C=C\CCCCCCCCCCCC(=O)OC(COC(=O)CCCCCCCCCCC)COC(=O)CCCCCCCCCCCCCCCCCCCCCCCCCCCCCC. The van der Waals surface area contributed by atoms with E-state index in [1.165, 1.54) is 289 Å². The first-order chi connectivity index (χ1) is 36.5. The van der Waals surface area contributed by atoms with E-state index >= 15 is 0 Å². The number of carbonyl (C=O) groups excluding carboxylic acids is 3. The Morgan fingerprint density at radius 2 is 0.446 bits per heavy atom. The second-order valence-corrected chi connectivity index (χ2v) is 23.1. The summed E-state index contributed by atoms with van der Waals surface area (Å²) < 4.78 is 16.9. The van der Waals surface area contributed by atoms with Gasteiger partial charge in [0, 0.05) is 19.3 Å². The van der Waals surface area contributed by atoms with Gasteiger partial charge in [0.15, 0.2) is 6.10 Å². The van der Waals surface area contributed by atoms with Crippen LogP contribution in [0.4, 0.5) is 0 Å². The fourth-order valence-electron chi connectivity index (χ4n) is 10.4. The van der Waals surface area contributed by atoms with Crippen molar-refractivity contribution in [3.05, 3.63) is 12.2 Å². The molecule has 6 heteroatoms. The summed E-state index contributed by atoms with van der Waals surface area (Å²) >= 11 is 0. The molecule has 0 saturated carbocycles. The lowest BCUT2D eigenvalue weighted by molar-refractivity contribution is -0.167. The molecule has 0 aliphatic carbocycles. The molecule has 0 aliphatic rings. The molecule has 1 atom stereocenters. The normalized spacial score (nSPS) is 12.0. The molecule has 0 saturated heterocycles. The smallest absolute Gasteiger partial charge is 0.306 e. The minimum atomic E-state index is -0.766. The highest BCUT2D eigenvalue weighted by atomic mass is 16.6. The summed E-state index contributed by atoms with van der Waals surface area (Å²) in [6.45, 7) is 6.69. The molecule has 438 valence electrons. The molecule has 0 N–H and O–H groups in total. The number of esters is 3. The Balaban J connectivity index is 4.08. The molecule has 0 bridgehead atoms. The Labute approximate surface area is 462 Å². The number of hydrogen-bond acceptors (Lipinski definition) is 6. The van der Waals surface area contributed by atoms with Gasteiger partial charge in [0.05, 0.1) is 0 Å². The van der Waals surface area contributed by atoms with Gasteiger partial charge in [0.1, 0.15) is 13.2 Å². The lowest BCUT2D eigenvalue weighted by Gasteiger charge is -2.18. The average molecular weight is 1040 g/mol. The maximum atomic E-state index is 12.9. The van der Waals surface area contributed by atoms with Gasteiger partial charge in [-0.3, -0.25) is 14.4 Å². The fourth-order valence-corrected chi connectivity index (χ4v) is 10.4. The van der Waals surface area contributed by atoms with Crippen LogP contribution in [-0.4, -0.2) is 37.2 Å². The zero-order chi connectivity index (χ0) is 53.6. The van der Waals surface area contributed by atoms with E-state index in [1.807, 2.05) is 0 Å².